The van der Waals surface area contributed by atoms with Crippen molar-refractivity contribution >= 4 is 23.4 Å². The van der Waals surface area contributed by atoms with Crippen molar-refractivity contribution < 1.29 is 19.4 Å². The summed E-state index contributed by atoms with van der Waals surface area (Å²) in [5.41, 5.74) is 0.313. The Morgan fingerprint density at radius 1 is 1.47 bits per heavy atom. The Bertz CT molecular complexity index is 442. The fourth-order valence-electron chi connectivity index (χ4n) is 1.37. The molecule has 0 bridgehead atoms. The molecule has 1 N–H and O–H groups in total. The summed E-state index contributed by atoms with van der Waals surface area (Å²) < 4.78 is 5.04. The van der Waals surface area contributed by atoms with E-state index in [4.69, 9.17) is 21.4 Å². The first-order valence-electron chi connectivity index (χ1n) is 5.05. The van der Waals surface area contributed by atoms with Crippen LogP contribution >= 0.6 is 11.6 Å². The average molecular weight is 257 g/mol. The fraction of sp³-hybridized carbons (Fsp3) is 0.333. The summed E-state index contributed by atoms with van der Waals surface area (Å²) in [7, 11) is 1.45. The van der Waals surface area contributed by atoms with Gasteiger partial charge < -0.3 is 9.84 Å². The van der Waals surface area contributed by atoms with Crippen molar-refractivity contribution in [1.82, 2.24) is 0 Å². The number of methoxy groups -OCH3 is 1. The second-order valence-electron chi connectivity index (χ2n) is 3.71. The van der Waals surface area contributed by atoms with Crippen molar-refractivity contribution in [3.63, 3.8) is 0 Å². The molecule has 5 heteroatoms. The van der Waals surface area contributed by atoms with Crippen molar-refractivity contribution in [2.24, 2.45) is 5.92 Å². The van der Waals surface area contributed by atoms with Gasteiger partial charge in [0, 0.05) is 11.4 Å². The zero-order chi connectivity index (χ0) is 13.0. The van der Waals surface area contributed by atoms with Gasteiger partial charge in [-0.2, -0.15) is 0 Å². The molecule has 4 nitrogen and oxygen atoms in total. The summed E-state index contributed by atoms with van der Waals surface area (Å²) in [4.78, 5) is 22.6. The molecule has 1 rings (SSSR count). The van der Waals surface area contributed by atoms with Gasteiger partial charge in [-0.25, -0.2) is 0 Å². The third-order valence-electron chi connectivity index (χ3n) is 2.38. The molecule has 0 amide bonds. The van der Waals surface area contributed by atoms with Crippen molar-refractivity contribution in [2.45, 2.75) is 13.3 Å². The van der Waals surface area contributed by atoms with E-state index in [0.717, 1.165) is 0 Å². The van der Waals surface area contributed by atoms with Gasteiger partial charge in [-0.05, 0) is 18.2 Å². The van der Waals surface area contributed by atoms with Crippen LogP contribution in [-0.4, -0.2) is 24.0 Å². The number of halogens is 1. The SMILES string of the molecule is COc1ccc(Cl)cc1C(=O)CC(C)C(=O)O. The van der Waals surface area contributed by atoms with E-state index >= 15 is 0 Å². The molecule has 92 valence electrons. The Morgan fingerprint density at radius 2 is 2.12 bits per heavy atom. The average Bonchev–Trinajstić information content (AvgIpc) is 2.28. The van der Waals surface area contributed by atoms with E-state index < -0.39 is 11.9 Å². The van der Waals surface area contributed by atoms with Gasteiger partial charge >= 0.3 is 5.97 Å². The van der Waals surface area contributed by atoms with E-state index in [1.165, 1.54) is 20.1 Å². The van der Waals surface area contributed by atoms with Crippen LogP contribution in [0.1, 0.15) is 23.7 Å². The standard InChI is InChI=1S/C12H13ClO4/c1-7(12(15)16)5-10(14)9-6-8(13)3-4-11(9)17-2/h3-4,6-7H,5H2,1-2H3,(H,15,16). The molecule has 0 saturated carbocycles. The smallest absolute Gasteiger partial charge is 0.306 e. The number of carboxylic acids is 1. The Morgan fingerprint density at radius 3 is 2.65 bits per heavy atom. The van der Waals surface area contributed by atoms with E-state index in [2.05, 4.69) is 0 Å². The maximum atomic E-state index is 11.9. The van der Waals surface area contributed by atoms with E-state index in [1.807, 2.05) is 0 Å². The Balaban J connectivity index is 2.95. The number of carboxylic acid groups (broad SMARTS) is 1. The number of benzene rings is 1. The van der Waals surface area contributed by atoms with Crippen LogP contribution in [0.25, 0.3) is 0 Å². The number of aliphatic carboxylic acids is 1. The summed E-state index contributed by atoms with van der Waals surface area (Å²) in [5.74, 6) is -1.62. The minimum absolute atomic E-state index is 0.0773. The van der Waals surface area contributed by atoms with Gasteiger partial charge in [0.15, 0.2) is 5.78 Å². The molecule has 0 aliphatic carbocycles. The molecule has 1 aromatic carbocycles. The lowest BCUT2D eigenvalue weighted by Gasteiger charge is -2.09. The summed E-state index contributed by atoms with van der Waals surface area (Å²) in [6.07, 6.45) is -0.0773. The minimum atomic E-state index is -1.00. The molecular weight excluding hydrogens is 244 g/mol. The van der Waals surface area contributed by atoms with Crippen LogP contribution in [0, 0.1) is 5.92 Å². The van der Waals surface area contributed by atoms with Gasteiger partial charge in [0.1, 0.15) is 5.75 Å². The molecule has 1 atom stereocenters. The lowest BCUT2D eigenvalue weighted by atomic mass is 9.99. The maximum Gasteiger partial charge on any atom is 0.306 e. The number of Topliss-reactive ketones (excluding diaryl/α,β-unsaturated/α-hetero) is 1. The molecule has 0 radical (unpaired) electrons. The lowest BCUT2D eigenvalue weighted by Crippen LogP contribution is -2.15. The summed E-state index contributed by atoms with van der Waals surface area (Å²) in [6.45, 7) is 1.48. The molecule has 0 aliphatic heterocycles. The van der Waals surface area contributed by atoms with Crippen LogP contribution < -0.4 is 4.74 Å². The number of rotatable bonds is 5. The van der Waals surface area contributed by atoms with Crippen LogP contribution in [0.3, 0.4) is 0 Å². The Kier molecular flexibility index (Phi) is 4.52. The molecule has 0 fully saturated rings. The monoisotopic (exact) mass is 256 g/mol. The summed E-state index contributed by atoms with van der Waals surface area (Å²) in [5, 5.41) is 9.16. The van der Waals surface area contributed by atoms with Gasteiger partial charge in [-0.15, -0.1) is 0 Å². The van der Waals surface area contributed by atoms with Crippen LogP contribution in [0.15, 0.2) is 18.2 Å². The van der Waals surface area contributed by atoms with E-state index in [1.54, 1.807) is 12.1 Å². The molecule has 0 aromatic heterocycles. The van der Waals surface area contributed by atoms with Crippen LogP contribution in [0.4, 0.5) is 0 Å². The van der Waals surface area contributed by atoms with Crippen molar-refractivity contribution in [2.75, 3.05) is 7.11 Å². The molecule has 0 spiro atoms. The normalized spacial score (nSPS) is 11.9. The highest BCUT2D eigenvalue weighted by molar-refractivity contribution is 6.31. The molecule has 17 heavy (non-hydrogen) atoms. The second kappa shape index (κ2) is 5.68. The zero-order valence-corrected chi connectivity index (χ0v) is 10.3. The molecule has 0 saturated heterocycles. The van der Waals surface area contributed by atoms with E-state index in [0.29, 0.717) is 16.3 Å². The molecule has 0 heterocycles. The fourth-order valence-corrected chi connectivity index (χ4v) is 1.55. The highest BCUT2D eigenvalue weighted by Gasteiger charge is 2.19. The highest BCUT2D eigenvalue weighted by atomic mass is 35.5. The minimum Gasteiger partial charge on any atom is -0.496 e. The predicted octanol–water partition coefficient (Wildman–Crippen LogP) is 2.64. The van der Waals surface area contributed by atoms with Gasteiger partial charge in [-0.1, -0.05) is 18.5 Å². The van der Waals surface area contributed by atoms with Gasteiger partial charge in [0.05, 0.1) is 18.6 Å². The van der Waals surface area contributed by atoms with E-state index in [-0.39, 0.29) is 12.2 Å². The lowest BCUT2D eigenvalue weighted by molar-refractivity contribution is -0.141. The topological polar surface area (TPSA) is 63.6 Å². The second-order valence-corrected chi connectivity index (χ2v) is 4.15. The van der Waals surface area contributed by atoms with Gasteiger partial charge in [0.2, 0.25) is 0 Å². The summed E-state index contributed by atoms with van der Waals surface area (Å²) in [6, 6.07) is 4.68. The third-order valence-corrected chi connectivity index (χ3v) is 2.61. The van der Waals surface area contributed by atoms with Crippen molar-refractivity contribution in [1.29, 1.82) is 0 Å². The molecule has 1 unspecified atom stereocenters. The largest absolute Gasteiger partial charge is 0.496 e. The van der Waals surface area contributed by atoms with Crippen LogP contribution in [0.5, 0.6) is 5.75 Å². The number of ether oxygens (including phenoxy) is 1. The van der Waals surface area contributed by atoms with Crippen molar-refractivity contribution in [3.05, 3.63) is 28.8 Å². The number of hydrogen-bond donors (Lipinski definition) is 1. The van der Waals surface area contributed by atoms with Crippen LogP contribution in [-0.2, 0) is 4.79 Å². The predicted molar refractivity (Wildman–Crippen MR) is 63.8 cm³/mol. The molecule has 0 aliphatic rings. The number of hydrogen-bond acceptors (Lipinski definition) is 3. The highest BCUT2D eigenvalue weighted by Crippen LogP contribution is 2.25. The van der Waals surface area contributed by atoms with Crippen molar-refractivity contribution in [3.8, 4) is 5.75 Å². The quantitative estimate of drug-likeness (QED) is 0.823. The van der Waals surface area contributed by atoms with Crippen LogP contribution in [0.2, 0.25) is 5.02 Å². The first-order valence-corrected chi connectivity index (χ1v) is 5.43. The van der Waals surface area contributed by atoms with Gasteiger partial charge in [-0.3, -0.25) is 9.59 Å². The summed E-state index contributed by atoms with van der Waals surface area (Å²) >= 11 is 5.79. The third kappa shape index (κ3) is 3.46. The first kappa shape index (κ1) is 13.5. The Hall–Kier alpha value is -1.55. The Labute approximate surface area is 104 Å². The molecular formula is C12H13ClO4. The first-order chi connectivity index (χ1) is 7.95. The number of ketones is 1. The molecule has 1 aromatic rings. The number of carbonyl (C=O) groups is 2. The number of carbonyl (C=O) groups excluding carboxylic acids is 1. The van der Waals surface area contributed by atoms with Gasteiger partial charge in [0.25, 0.3) is 0 Å². The maximum absolute atomic E-state index is 11.9. The zero-order valence-electron chi connectivity index (χ0n) is 9.57. The van der Waals surface area contributed by atoms with E-state index in [9.17, 15) is 9.59 Å².